The molecule has 2 heteroatoms. The minimum atomic E-state index is 0.984. The van der Waals surface area contributed by atoms with Crippen molar-refractivity contribution in [3.63, 3.8) is 0 Å². The van der Waals surface area contributed by atoms with E-state index in [-0.39, 0.29) is 0 Å². The summed E-state index contributed by atoms with van der Waals surface area (Å²) in [6, 6.07) is 7.80. The maximum absolute atomic E-state index is 4.12. The Morgan fingerprint density at radius 2 is 2.12 bits per heavy atom. The predicted octanol–water partition coefficient (Wildman–Crippen LogP) is 0.769. The van der Waals surface area contributed by atoms with Gasteiger partial charge in [-0.1, -0.05) is 23.4 Å². The van der Waals surface area contributed by atoms with Gasteiger partial charge in [-0.05, 0) is 6.07 Å². The van der Waals surface area contributed by atoms with E-state index in [0.29, 0.717) is 0 Å². The van der Waals surface area contributed by atoms with Crippen molar-refractivity contribution in [3.05, 3.63) is 24.3 Å². The van der Waals surface area contributed by atoms with E-state index in [0.717, 1.165) is 10.1 Å². The highest BCUT2D eigenvalue weighted by Crippen LogP contribution is 1.99. The molecule has 39 valence electrons. The quantitative estimate of drug-likeness (QED) is 0.396. The standard InChI is InChI=1S/C6H5SSi/c7-5-2-1-3-6(8)4-5/h1-4,7H. The molecule has 1 aromatic carbocycles. The first-order chi connectivity index (χ1) is 3.79. The van der Waals surface area contributed by atoms with Crippen molar-refractivity contribution in [1.82, 2.24) is 0 Å². The van der Waals surface area contributed by atoms with E-state index in [4.69, 9.17) is 0 Å². The minimum absolute atomic E-state index is 0.984. The van der Waals surface area contributed by atoms with E-state index < -0.39 is 0 Å². The summed E-state index contributed by atoms with van der Waals surface area (Å²) in [5.74, 6) is 0. The van der Waals surface area contributed by atoms with Gasteiger partial charge in [0, 0.05) is 4.90 Å². The number of benzene rings is 1. The van der Waals surface area contributed by atoms with Gasteiger partial charge in [-0.25, -0.2) is 0 Å². The molecule has 3 radical (unpaired) electrons. The second kappa shape index (κ2) is 2.37. The third kappa shape index (κ3) is 1.38. The highest BCUT2D eigenvalue weighted by molar-refractivity contribution is 7.80. The van der Waals surface area contributed by atoms with Crippen LogP contribution >= 0.6 is 12.6 Å². The summed E-state index contributed by atoms with van der Waals surface area (Å²) in [7, 11) is 3.36. The van der Waals surface area contributed by atoms with Crippen LogP contribution in [0.1, 0.15) is 0 Å². The van der Waals surface area contributed by atoms with Gasteiger partial charge in [0.15, 0.2) is 0 Å². The van der Waals surface area contributed by atoms with Crippen molar-refractivity contribution in [3.8, 4) is 0 Å². The van der Waals surface area contributed by atoms with Crippen LogP contribution in [0.3, 0.4) is 0 Å². The van der Waals surface area contributed by atoms with Gasteiger partial charge in [-0.15, -0.1) is 12.6 Å². The van der Waals surface area contributed by atoms with Gasteiger partial charge in [0.05, 0.1) is 10.2 Å². The number of hydrogen-bond acceptors (Lipinski definition) is 1. The van der Waals surface area contributed by atoms with Gasteiger partial charge < -0.3 is 0 Å². The Labute approximate surface area is 57.8 Å². The first kappa shape index (κ1) is 5.92. The first-order valence-corrected chi connectivity index (χ1v) is 3.24. The van der Waals surface area contributed by atoms with Gasteiger partial charge >= 0.3 is 0 Å². The van der Waals surface area contributed by atoms with Crippen molar-refractivity contribution < 1.29 is 0 Å². The second-order valence-corrected chi connectivity index (χ2v) is 2.64. The van der Waals surface area contributed by atoms with Gasteiger partial charge in [0.1, 0.15) is 0 Å². The van der Waals surface area contributed by atoms with Crippen LogP contribution in [0.15, 0.2) is 29.2 Å². The van der Waals surface area contributed by atoms with Crippen molar-refractivity contribution >= 4 is 28.1 Å². The Bertz CT molecular complexity index is 168. The zero-order valence-electron chi connectivity index (χ0n) is 4.26. The third-order valence-corrected chi connectivity index (χ3v) is 1.44. The predicted molar refractivity (Wildman–Crippen MR) is 39.1 cm³/mol. The van der Waals surface area contributed by atoms with Crippen LogP contribution in [0.2, 0.25) is 0 Å². The van der Waals surface area contributed by atoms with Gasteiger partial charge in [-0.2, -0.15) is 0 Å². The van der Waals surface area contributed by atoms with E-state index in [1.165, 1.54) is 0 Å². The van der Waals surface area contributed by atoms with Crippen molar-refractivity contribution in [2.24, 2.45) is 0 Å². The van der Waals surface area contributed by atoms with Crippen molar-refractivity contribution in [2.45, 2.75) is 4.90 Å². The average molecular weight is 137 g/mol. The minimum Gasteiger partial charge on any atom is -0.143 e. The number of hydrogen-bond donors (Lipinski definition) is 1. The summed E-state index contributed by atoms with van der Waals surface area (Å²) in [6.07, 6.45) is 0. The van der Waals surface area contributed by atoms with E-state index >= 15 is 0 Å². The molecule has 0 nitrogen and oxygen atoms in total. The highest BCUT2D eigenvalue weighted by Gasteiger charge is 1.81. The summed E-state index contributed by atoms with van der Waals surface area (Å²) < 4.78 is 0. The molecule has 0 unspecified atom stereocenters. The van der Waals surface area contributed by atoms with E-state index in [2.05, 4.69) is 22.9 Å². The summed E-state index contributed by atoms with van der Waals surface area (Å²) in [5.41, 5.74) is 0. The lowest BCUT2D eigenvalue weighted by Crippen LogP contribution is -1.98. The summed E-state index contributed by atoms with van der Waals surface area (Å²) in [4.78, 5) is 0.984. The average Bonchev–Trinajstić information content (AvgIpc) is 1.64. The van der Waals surface area contributed by atoms with Crippen LogP contribution in [0, 0.1) is 0 Å². The largest absolute Gasteiger partial charge is 0.143 e. The molecule has 0 bridgehead atoms. The highest BCUT2D eigenvalue weighted by atomic mass is 32.1. The van der Waals surface area contributed by atoms with Crippen LogP contribution in [0.25, 0.3) is 0 Å². The summed E-state index contributed by atoms with van der Waals surface area (Å²) >= 11 is 4.12. The van der Waals surface area contributed by atoms with Crippen LogP contribution in [0.5, 0.6) is 0 Å². The summed E-state index contributed by atoms with van der Waals surface area (Å²) in [6.45, 7) is 0. The Hall–Kier alpha value is -0.213. The number of thiol groups is 1. The molecule has 0 spiro atoms. The zero-order valence-corrected chi connectivity index (χ0v) is 6.15. The van der Waals surface area contributed by atoms with Crippen LogP contribution in [-0.2, 0) is 0 Å². The molecule has 0 saturated carbocycles. The third-order valence-electron chi connectivity index (χ3n) is 0.846. The zero-order chi connectivity index (χ0) is 5.98. The molecule has 0 aliphatic rings. The molecule has 0 amide bonds. The molecule has 1 rings (SSSR count). The Morgan fingerprint density at radius 3 is 2.50 bits per heavy atom. The molecular weight excluding hydrogens is 132 g/mol. The molecule has 0 aliphatic heterocycles. The fraction of sp³-hybridized carbons (Fsp3) is 0. The molecule has 0 aromatic heterocycles. The second-order valence-electron chi connectivity index (χ2n) is 1.55. The van der Waals surface area contributed by atoms with Crippen molar-refractivity contribution in [2.75, 3.05) is 0 Å². The smallest absolute Gasteiger partial charge is 0.0712 e. The Kier molecular flexibility index (Phi) is 1.75. The molecule has 0 heterocycles. The van der Waals surface area contributed by atoms with Gasteiger partial charge in [0.2, 0.25) is 0 Å². The SMILES string of the molecule is [Si]c1cccc(S)c1. The van der Waals surface area contributed by atoms with E-state index in [9.17, 15) is 0 Å². The summed E-state index contributed by atoms with van der Waals surface area (Å²) in [5, 5.41) is 1.07. The monoisotopic (exact) mass is 137 g/mol. The lowest BCUT2D eigenvalue weighted by atomic mass is 10.4. The topological polar surface area (TPSA) is 0 Å². The lowest BCUT2D eigenvalue weighted by molar-refractivity contribution is 1.51. The lowest BCUT2D eigenvalue weighted by Gasteiger charge is -1.89. The maximum atomic E-state index is 4.12. The molecule has 8 heavy (non-hydrogen) atoms. The van der Waals surface area contributed by atoms with Crippen LogP contribution in [0.4, 0.5) is 0 Å². The fourth-order valence-electron chi connectivity index (χ4n) is 0.506. The Morgan fingerprint density at radius 1 is 1.38 bits per heavy atom. The maximum Gasteiger partial charge on any atom is 0.0712 e. The van der Waals surface area contributed by atoms with E-state index in [1.807, 2.05) is 24.3 Å². The molecule has 0 fully saturated rings. The fourth-order valence-corrected chi connectivity index (χ4v) is 1.10. The number of rotatable bonds is 0. The molecule has 1 aromatic rings. The normalized spacial score (nSPS) is 9.25. The van der Waals surface area contributed by atoms with Gasteiger partial charge in [-0.3, -0.25) is 0 Å². The Balaban J connectivity index is 3.08. The van der Waals surface area contributed by atoms with Crippen molar-refractivity contribution in [1.29, 1.82) is 0 Å². The van der Waals surface area contributed by atoms with Crippen LogP contribution < -0.4 is 5.19 Å². The molecular formula is C6H5SSi. The van der Waals surface area contributed by atoms with Gasteiger partial charge in [0.25, 0.3) is 0 Å². The van der Waals surface area contributed by atoms with Crippen LogP contribution in [-0.4, -0.2) is 10.2 Å². The molecule has 0 N–H and O–H groups in total. The molecule has 0 atom stereocenters. The molecule has 0 aliphatic carbocycles. The molecule has 0 saturated heterocycles. The van der Waals surface area contributed by atoms with E-state index in [1.54, 1.807) is 0 Å². The first-order valence-electron chi connectivity index (χ1n) is 2.29.